The maximum absolute atomic E-state index is 9.16. The van der Waals surface area contributed by atoms with Crippen LogP contribution in [0.25, 0.3) is 0 Å². The first-order chi connectivity index (χ1) is 8.02. The van der Waals surface area contributed by atoms with E-state index in [4.69, 9.17) is 16.7 Å². The zero-order valence-corrected chi connectivity index (χ0v) is 11.3. The van der Waals surface area contributed by atoms with E-state index in [2.05, 4.69) is 29.1 Å². The van der Waals surface area contributed by atoms with Gasteiger partial charge >= 0.3 is 0 Å². The summed E-state index contributed by atoms with van der Waals surface area (Å²) in [7, 11) is 0. The molecule has 0 aliphatic rings. The molecular formula is C12H20ClN3O. The van der Waals surface area contributed by atoms with E-state index in [-0.39, 0.29) is 12.0 Å². The molecule has 1 atom stereocenters. The van der Waals surface area contributed by atoms with Crippen molar-refractivity contribution in [2.75, 3.05) is 11.9 Å². The topological polar surface area (TPSA) is 58.0 Å². The minimum Gasteiger partial charge on any atom is -0.393 e. The van der Waals surface area contributed by atoms with Gasteiger partial charge in [-0.2, -0.15) is 0 Å². The highest BCUT2D eigenvalue weighted by Gasteiger charge is 2.12. The zero-order chi connectivity index (χ0) is 12.8. The molecule has 17 heavy (non-hydrogen) atoms. The molecule has 0 radical (unpaired) electrons. The van der Waals surface area contributed by atoms with E-state index in [1.807, 2.05) is 0 Å². The van der Waals surface area contributed by atoms with Crippen molar-refractivity contribution in [3.63, 3.8) is 0 Å². The van der Waals surface area contributed by atoms with Crippen LogP contribution in [-0.4, -0.2) is 27.7 Å². The fraction of sp³-hybridized carbons (Fsp3) is 0.667. The van der Waals surface area contributed by atoms with Gasteiger partial charge in [0, 0.05) is 12.1 Å². The molecule has 1 aromatic heterocycles. The monoisotopic (exact) mass is 257 g/mol. The summed E-state index contributed by atoms with van der Waals surface area (Å²) in [6.07, 6.45) is 2.89. The molecule has 0 aliphatic carbocycles. The number of aromatic nitrogens is 2. The van der Waals surface area contributed by atoms with E-state index in [0.29, 0.717) is 5.15 Å². The molecule has 1 rings (SSSR count). The third-order valence-corrected chi connectivity index (χ3v) is 2.80. The molecule has 1 aromatic rings. The lowest BCUT2D eigenvalue weighted by molar-refractivity contribution is 0.183. The van der Waals surface area contributed by atoms with Crippen molar-refractivity contribution in [3.05, 3.63) is 17.0 Å². The Morgan fingerprint density at radius 1 is 1.35 bits per heavy atom. The number of halogens is 1. The van der Waals surface area contributed by atoms with Crippen LogP contribution in [-0.2, 0) is 0 Å². The van der Waals surface area contributed by atoms with Crippen LogP contribution in [0.3, 0.4) is 0 Å². The number of aliphatic hydroxyl groups is 1. The Kier molecular flexibility index (Phi) is 5.65. The highest BCUT2D eigenvalue weighted by Crippen LogP contribution is 2.27. The van der Waals surface area contributed by atoms with Crippen molar-refractivity contribution < 1.29 is 5.11 Å². The van der Waals surface area contributed by atoms with Crippen molar-refractivity contribution in [2.24, 2.45) is 0 Å². The van der Waals surface area contributed by atoms with Gasteiger partial charge in [-0.25, -0.2) is 9.97 Å². The summed E-state index contributed by atoms with van der Waals surface area (Å²) in [5, 5.41) is 12.9. The minimum atomic E-state index is -0.254. The SMILES string of the molecule is CC(O)CCCNc1ncnc(Cl)c1C(C)C. The lowest BCUT2D eigenvalue weighted by atomic mass is 10.1. The Balaban J connectivity index is 2.61. The van der Waals surface area contributed by atoms with E-state index in [1.54, 1.807) is 6.92 Å². The van der Waals surface area contributed by atoms with E-state index in [9.17, 15) is 0 Å². The fourth-order valence-electron chi connectivity index (χ4n) is 1.63. The van der Waals surface area contributed by atoms with Gasteiger partial charge in [0.2, 0.25) is 0 Å². The van der Waals surface area contributed by atoms with Gasteiger partial charge in [0.15, 0.2) is 0 Å². The molecule has 0 spiro atoms. The second-order valence-electron chi connectivity index (χ2n) is 4.50. The van der Waals surface area contributed by atoms with E-state index < -0.39 is 0 Å². The Labute approximate surface area is 107 Å². The average Bonchev–Trinajstić information content (AvgIpc) is 2.23. The van der Waals surface area contributed by atoms with Gasteiger partial charge < -0.3 is 10.4 Å². The number of hydrogen-bond donors (Lipinski definition) is 2. The molecular weight excluding hydrogens is 238 g/mol. The van der Waals surface area contributed by atoms with Gasteiger partial charge in [-0.15, -0.1) is 0 Å². The lowest BCUT2D eigenvalue weighted by Crippen LogP contribution is -2.10. The molecule has 1 heterocycles. The van der Waals surface area contributed by atoms with Crippen LogP contribution >= 0.6 is 11.6 Å². The first kappa shape index (κ1) is 14.2. The summed E-state index contributed by atoms with van der Waals surface area (Å²) in [4.78, 5) is 8.20. The number of aliphatic hydroxyl groups excluding tert-OH is 1. The first-order valence-corrected chi connectivity index (χ1v) is 6.32. The van der Waals surface area contributed by atoms with Crippen LogP contribution in [0.1, 0.15) is 45.1 Å². The van der Waals surface area contributed by atoms with Gasteiger partial charge in [-0.05, 0) is 25.7 Å². The number of rotatable bonds is 6. The molecule has 2 N–H and O–H groups in total. The smallest absolute Gasteiger partial charge is 0.138 e. The van der Waals surface area contributed by atoms with Crippen LogP contribution < -0.4 is 5.32 Å². The Hall–Kier alpha value is -0.870. The third-order valence-electron chi connectivity index (χ3n) is 2.50. The highest BCUT2D eigenvalue weighted by molar-refractivity contribution is 6.30. The Morgan fingerprint density at radius 2 is 2.06 bits per heavy atom. The first-order valence-electron chi connectivity index (χ1n) is 5.94. The standard InChI is InChI=1S/C12H20ClN3O/c1-8(2)10-11(13)15-7-16-12(10)14-6-4-5-9(3)17/h7-9,17H,4-6H2,1-3H3,(H,14,15,16). The third kappa shape index (κ3) is 4.48. The van der Waals surface area contributed by atoms with Crippen LogP contribution in [0.5, 0.6) is 0 Å². The molecule has 5 heteroatoms. The quantitative estimate of drug-likeness (QED) is 0.608. The summed E-state index contributed by atoms with van der Waals surface area (Å²) in [6.45, 7) is 6.69. The molecule has 1 unspecified atom stereocenters. The van der Waals surface area contributed by atoms with Crippen molar-refractivity contribution in [1.29, 1.82) is 0 Å². The number of anilines is 1. The van der Waals surface area contributed by atoms with Gasteiger partial charge in [0.25, 0.3) is 0 Å². The molecule has 96 valence electrons. The summed E-state index contributed by atoms with van der Waals surface area (Å²) in [5.74, 6) is 1.08. The normalized spacial score (nSPS) is 12.8. The summed E-state index contributed by atoms with van der Waals surface area (Å²) < 4.78 is 0. The highest BCUT2D eigenvalue weighted by atomic mass is 35.5. The number of hydrogen-bond acceptors (Lipinski definition) is 4. The minimum absolute atomic E-state index is 0.254. The maximum Gasteiger partial charge on any atom is 0.138 e. The van der Waals surface area contributed by atoms with Gasteiger partial charge in [0.05, 0.1) is 6.10 Å². The molecule has 0 fully saturated rings. The van der Waals surface area contributed by atoms with E-state index in [0.717, 1.165) is 30.8 Å². The summed E-state index contributed by atoms with van der Waals surface area (Å²) in [5.41, 5.74) is 0.950. The molecule has 4 nitrogen and oxygen atoms in total. The van der Waals surface area contributed by atoms with Gasteiger partial charge in [0.1, 0.15) is 17.3 Å². The fourth-order valence-corrected chi connectivity index (χ4v) is 1.98. The molecule has 0 aromatic carbocycles. The second-order valence-corrected chi connectivity index (χ2v) is 4.86. The van der Waals surface area contributed by atoms with Crippen LogP contribution in [0.15, 0.2) is 6.33 Å². The maximum atomic E-state index is 9.16. The Bertz CT molecular complexity index is 356. The zero-order valence-electron chi connectivity index (χ0n) is 10.6. The Morgan fingerprint density at radius 3 is 2.65 bits per heavy atom. The molecule has 0 saturated carbocycles. The van der Waals surface area contributed by atoms with Gasteiger partial charge in [-0.3, -0.25) is 0 Å². The van der Waals surface area contributed by atoms with Crippen LogP contribution in [0, 0.1) is 0 Å². The van der Waals surface area contributed by atoms with Crippen LogP contribution in [0.2, 0.25) is 5.15 Å². The van der Waals surface area contributed by atoms with Crippen molar-refractivity contribution >= 4 is 17.4 Å². The molecule has 0 aliphatic heterocycles. The van der Waals surface area contributed by atoms with Gasteiger partial charge in [-0.1, -0.05) is 25.4 Å². The van der Waals surface area contributed by atoms with E-state index in [1.165, 1.54) is 6.33 Å². The largest absolute Gasteiger partial charge is 0.393 e. The predicted molar refractivity (Wildman–Crippen MR) is 70.5 cm³/mol. The number of nitrogens with zero attached hydrogens (tertiary/aromatic N) is 2. The number of nitrogens with one attached hydrogen (secondary N) is 1. The van der Waals surface area contributed by atoms with E-state index >= 15 is 0 Å². The van der Waals surface area contributed by atoms with Crippen molar-refractivity contribution in [3.8, 4) is 0 Å². The molecule has 0 bridgehead atoms. The average molecular weight is 258 g/mol. The van der Waals surface area contributed by atoms with Crippen molar-refractivity contribution in [2.45, 2.75) is 45.6 Å². The van der Waals surface area contributed by atoms with Crippen molar-refractivity contribution in [1.82, 2.24) is 9.97 Å². The predicted octanol–water partition coefficient (Wildman–Crippen LogP) is 2.83. The summed E-state index contributed by atoms with van der Waals surface area (Å²) >= 11 is 6.06. The summed E-state index contributed by atoms with van der Waals surface area (Å²) in [6, 6.07) is 0. The lowest BCUT2D eigenvalue weighted by Gasteiger charge is -2.14. The molecule has 0 saturated heterocycles. The second kappa shape index (κ2) is 6.77. The van der Waals surface area contributed by atoms with Crippen LogP contribution in [0.4, 0.5) is 5.82 Å². The molecule has 0 amide bonds.